The highest BCUT2D eigenvalue weighted by atomic mass is 16.7. The minimum absolute atomic E-state index is 0.00413. The van der Waals surface area contributed by atoms with Crippen LogP contribution in [-0.2, 0) is 0 Å². The summed E-state index contributed by atoms with van der Waals surface area (Å²) >= 11 is 0. The van der Waals surface area contributed by atoms with Gasteiger partial charge in [0.25, 0.3) is 0 Å². The summed E-state index contributed by atoms with van der Waals surface area (Å²) in [5.74, 6) is 1.48. The molecule has 0 fully saturated rings. The van der Waals surface area contributed by atoms with Crippen LogP contribution in [0.4, 0.5) is 0 Å². The van der Waals surface area contributed by atoms with Crippen molar-refractivity contribution in [1.82, 2.24) is 25.0 Å². The molecule has 0 bridgehead atoms. The van der Waals surface area contributed by atoms with Crippen molar-refractivity contribution >= 4 is 10.9 Å². The van der Waals surface area contributed by atoms with E-state index in [0.717, 1.165) is 11.1 Å². The number of hydrogen-bond donors (Lipinski definition) is 3. The van der Waals surface area contributed by atoms with E-state index in [1.165, 1.54) is 4.57 Å². The number of fused-ring (bicyclic) bond motifs is 2. The minimum atomic E-state index is -0.303. The van der Waals surface area contributed by atoms with E-state index < -0.39 is 0 Å². The fourth-order valence-corrected chi connectivity index (χ4v) is 3.08. The molecule has 9 heteroatoms. The predicted molar refractivity (Wildman–Crippen MR) is 90.6 cm³/mol. The number of aromatic amines is 1. The molecule has 5 rings (SSSR count). The quantitative estimate of drug-likeness (QED) is 0.507. The SMILES string of the molecule is Cc1n[nH]c2cc(O)c(-c3nnc(O)n3-c3ccc4c(c3)OCO4)cc12. The van der Waals surface area contributed by atoms with E-state index in [1.807, 2.05) is 6.92 Å². The molecule has 0 spiro atoms. The fraction of sp³-hybridized carbons (Fsp3) is 0.118. The van der Waals surface area contributed by atoms with Crippen LogP contribution in [0.5, 0.6) is 23.3 Å². The first-order valence-corrected chi connectivity index (χ1v) is 7.84. The fourth-order valence-electron chi connectivity index (χ4n) is 3.08. The Labute approximate surface area is 146 Å². The molecule has 0 aliphatic carbocycles. The summed E-state index contributed by atoms with van der Waals surface area (Å²) in [4.78, 5) is 0. The molecular formula is C17H13N5O4. The number of phenols is 1. The first-order chi connectivity index (χ1) is 12.6. The second kappa shape index (κ2) is 5.12. The highest BCUT2D eigenvalue weighted by Gasteiger charge is 2.21. The lowest BCUT2D eigenvalue weighted by molar-refractivity contribution is 0.174. The number of aromatic hydroxyl groups is 2. The van der Waals surface area contributed by atoms with E-state index in [9.17, 15) is 10.2 Å². The molecule has 2 aromatic carbocycles. The van der Waals surface area contributed by atoms with Crippen molar-refractivity contribution in [2.24, 2.45) is 0 Å². The summed E-state index contributed by atoms with van der Waals surface area (Å²) in [6.45, 7) is 2.01. The van der Waals surface area contributed by atoms with Gasteiger partial charge in [-0.05, 0) is 25.1 Å². The molecule has 0 unspecified atom stereocenters. The number of nitrogens with one attached hydrogen (secondary N) is 1. The van der Waals surface area contributed by atoms with Crippen molar-refractivity contribution in [3.8, 4) is 40.3 Å². The molecule has 1 aliphatic heterocycles. The number of H-pyrrole nitrogens is 1. The summed E-state index contributed by atoms with van der Waals surface area (Å²) < 4.78 is 12.1. The molecule has 26 heavy (non-hydrogen) atoms. The van der Waals surface area contributed by atoms with Crippen molar-refractivity contribution in [2.45, 2.75) is 6.92 Å². The number of nitrogens with zero attached hydrogens (tertiary/aromatic N) is 4. The van der Waals surface area contributed by atoms with E-state index in [2.05, 4.69) is 20.4 Å². The maximum absolute atomic E-state index is 10.5. The number of aromatic nitrogens is 5. The number of ether oxygens (including phenoxy) is 2. The molecule has 4 aromatic rings. The van der Waals surface area contributed by atoms with E-state index in [-0.39, 0.29) is 18.6 Å². The zero-order valence-electron chi connectivity index (χ0n) is 13.6. The topological polar surface area (TPSA) is 118 Å². The van der Waals surface area contributed by atoms with Crippen LogP contribution < -0.4 is 9.47 Å². The molecule has 0 saturated carbocycles. The molecule has 3 heterocycles. The van der Waals surface area contributed by atoms with Crippen LogP contribution in [-0.4, -0.2) is 42.0 Å². The normalized spacial score (nSPS) is 12.8. The third-order valence-corrected chi connectivity index (χ3v) is 4.37. The Balaban J connectivity index is 1.72. The van der Waals surface area contributed by atoms with Crippen molar-refractivity contribution in [3.05, 3.63) is 36.0 Å². The van der Waals surface area contributed by atoms with Crippen LogP contribution in [0.3, 0.4) is 0 Å². The minimum Gasteiger partial charge on any atom is -0.507 e. The summed E-state index contributed by atoms with van der Waals surface area (Å²) in [5, 5.41) is 36.3. The molecule has 0 saturated heterocycles. The number of aryl methyl sites for hydroxylation is 1. The van der Waals surface area contributed by atoms with E-state index in [1.54, 1.807) is 30.3 Å². The lowest BCUT2D eigenvalue weighted by Crippen LogP contribution is -1.98. The van der Waals surface area contributed by atoms with Crippen LogP contribution >= 0.6 is 0 Å². The molecule has 0 atom stereocenters. The monoisotopic (exact) mass is 351 g/mol. The van der Waals surface area contributed by atoms with Gasteiger partial charge in [0.15, 0.2) is 17.3 Å². The van der Waals surface area contributed by atoms with Crippen LogP contribution in [0, 0.1) is 6.92 Å². The zero-order chi connectivity index (χ0) is 17.8. The summed E-state index contributed by atoms with van der Waals surface area (Å²) in [6.07, 6.45) is 0. The average Bonchev–Trinajstić information content (AvgIpc) is 3.33. The van der Waals surface area contributed by atoms with Crippen LogP contribution in [0.15, 0.2) is 30.3 Å². The largest absolute Gasteiger partial charge is 0.507 e. The van der Waals surface area contributed by atoms with Gasteiger partial charge >= 0.3 is 6.01 Å². The Morgan fingerprint density at radius 1 is 1.08 bits per heavy atom. The number of rotatable bonds is 2. The van der Waals surface area contributed by atoms with Crippen molar-refractivity contribution in [3.63, 3.8) is 0 Å². The second-order valence-electron chi connectivity index (χ2n) is 5.92. The molecule has 9 nitrogen and oxygen atoms in total. The summed E-state index contributed by atoms with van der Waals surface area (Å²) in [5.41, 5.74) is 2.50. The Hall–Kier alpha value is -3.75. The highest BCUT2D eigenvalue weighted by Crippen LogP contribution is 2.38. The lowest BCUT2D eigenvalue weighted by atomic mass is 10.1. The van der Waals surface area contributed by atoms with Gasteiger partial charge in [0.05, 0.1) is 22.5 Å². The average molecular weight is 351 g/mol. The molecule has 2 aromatic heterocycles. The summed E-state index contributed by atoms with van der Waals surface area (Å²) in [7, 11) is 0. The molecule has 0 radical (unpaired) electrons. The third kappa shape index (κ3) is 2.00. The van der Waals surface area contributed by atoms with E-state index in [4.69, 9.17) is 9.47 Å². The van der Waals surface area contributed by atoms with Gasteiger partial charge < -0.3 is 19.7 Å². The van der Waals surface area contributed by atoms with Gasteiger partial charge in [-0.2, -0.15) is 5.10 Å². The molecule has 3 N–H and O–H groups in total. The molecular weight excluding hydrogens is 338 g/mol. The van der Waals surface area contributed by atoms with Gasteiger partial charge in [0, 0.05) is 17.5 Å². The van der Waals surface area contributed by atoms with Gasteiger partial charge in [-0.15, -0.1) is 5.10 Å². The Morgan fingerprint density at radius 2 is 1.92 bits per heavy atom. The molecule has 0 amide bonds. The van der Waals surface area contributed by atoms with Crippen LogP contribution in [0.1, 0.15) is 5.69 Å². The second-order valence-corrected chi connectivity index (χ2v) is 5.92. The lowest BCUT2D eigenvalue weighted by Gasteiger charge is -2.10. The summed E-state index contributed by atoms with van der Waals surface area (Å²) in [6, 6.07) is 8.23. The maximum Gasteiger partial charge on any atom is 0.319 e. The van der Waals surface area contributed by atoms with Crippen molar-refractivity contribution in [1.29, 1.82) is 0 Å². The van der Waals surface area contributed by atoms with Crippen LogP contribution in [0.25, 0.3) is 28.0 Å². The van der Waals surface area contributed by atoms with E-state index >= 15 is 0 Å². The predicted octanol–water partition coefficient (Wildman–Crippen LogP) is 2.26. The highest BCUT2D eigenvalue weighted by molar-refractivity contribution is 5.88. The first kappa shape index (κ1) is 14.6. The third-order valence-electron chi connectivity index (χ3n) is 4.37. The van der Waals surface area contributed by atoms with Gasteiger partial charge in [0.1, 0.15) is 5.75 Å². The van der Waals surface area contributed by atoms with Gasteiger partial charge in [-0.25, -0.2) is 4.57 Å². The van der Waals surface area contributed by atoms with Gasteiger partial charge in [0.2, 0.25) is 6.79 Å². The maximum atomic E-state index is 10.5. The van der Waals surface area contributed by atoms with Gasteiger partial charge in [-0.1, -0.05) is 5.10 Å². The molecule has 1 aliphatic rings. The standard InChI is InChI=1S/C17H13N5O4/c1-8-10-5-11(13(23)6-12(10)19-18-8)16-20-21-17(24)22(16)9-2-3-14-15(4-9)26-7-25-14/h2-6,23H,7H2,1H3,(H,18,19)(H,21,24). The van der Waals surface area contributed by atoms with Crippen molar-refractivity contribution in [2.75, 3.05) is 6.79 Å². The van der Waals surface area contributed by atoms with Crippen molar-refractivity contribution < 1.29 is 19.7 Å². The molecule has 130 valence electrons. The Morgan fingerprint density at radius 3 is 2.81 bits per heavy atom. The Kier molecular flexibility index (Phi) is 2.87. The smallest absolute Gasteiger partial charge is 0.319 e. The van der Waals surface area contributed by atoms with Gasteiger partial charge in [-0.3, -0.25) is 5.10 Å². The zero-order valence-corrected chi connectivity index (χ0v) is 13.6. The number of benzene rings is 2. The number of phenolic OH excluding ortho intramolecular Hbond substituents is 1. The number of hydrogen-bond acceptors (Lipinski definition) is 7. The Bertz CT molecular complexity index is 1160. The van der Waals surface area contributed by atoms with E-state index in [0.29, 0.717) is 34.1 Å². The van der Waals surface area contributed by atoms with Crippen LogP contribution in [0.2, 0.25) is 0 Å². The first-order valence-electron chi connectivity index (χ1n) is 7.84.